The Labute approximate surface area is 152 Å². The molecule has 0 saturated carbocycles. The third-order valence-electron chi connectivity index (χ3n) is 4.35. The van der Waals surface area contributed by atoms with Crippen molar-refractivity contribution in [2.75, 3.05) is 7.11 Å². The minimum absolute atomic E-state index is 0.176. The summed E-state index contributed by atoms with van der Waals surface area (Å²) < 4.78 is 39.2. The standard InChI is InChI=1S/C17H15F2N5O3/c1-23-13-7-24(17(25)10-5-9(18)3-4-12(10)19)6-11(13)15(21-23)16-20-14(8-26-2)22-27-16/h3-5H,6-8H2,1-2H3. The quantitative estimate of drug-likeness (QED) is 0.694. The number of aryl methyl sites for hydroxylation is 1. The minimum atomic E-state index is -0.767. The maximum absolute atomic E-state index is 14.0. The Morgan fingerprint density at radius 3 is 2.93 bits per heavy atom. The van der Waals surface area contributed by atoms with E-state index in [1.54, 1.807) is 11.7 Å². The van der Waals surface area contributed by atoms with Gasteiger partial charge in [0.15, 0.2) is 11.5 Å². The van der Waals surface area contributed by atoms with Gasteiger partial charge in [0, 0.05) is 19.7 Å². The number of hydrogen-bond acceptors (Lipinski definition) is 6. The molecule has 0 radical (unpaired) electrons. The van der Waals surface area contributed by atoms with Gasteiger partial charge in [-0.15, -0.1) is 0 Å². The normalized spacial score (nSPS) is 13.3. The molecule has 10 heteroatoms. The number of halogens is 2. The molecule has 1 aliphatic rings. The third-order valence-corrected chi connectivity index (χ3v) is 4.35. The number of benzene rings is 1. The van der Waals surface area contributed by atoms with E-state index in [0.29, 0.717) is 11.5 Å². The van der Waals surface area contributed by atoms with Crippen molar-refractivity contribution in [1.82, 2.24) is 24.8 Å². The number of fused-ring (bicyclic) bond motifs is 1. The molecule has 0 N–H and O–H groups in total. The van der Waals surface area contributed by atoms with Gasteiger partial charge >= 0.3 is 0 Å². The number of nitrogens with zero attached hydrogens (tertiary/aromatic N) is 5. The highest BCUT2D eigenvalue weighted by atomic mass is 19.1. The smallest absolute Gasteiger partial charge is 0.278 e. The monoisotopic (exact) mass is 375 g/mol. The van der Waals surface area contributed by atoms with Crippen molar-refractivity contribution < 1.29 is 22.8 Å². The molecule has 2 aromatic heterocycles. The fourth-order valence-electron chi connectivity index (χ4n) is 3.08. The average molecular weight is 375 g/mol. The molecule has 0 unspecified atom stereocenters. The summed E-state index contributed by atoms with van der Waals surface area (Å²) >= 11 is 0. The highest BCUT2D eigenvalue weighted by Crippen LogP contribution is 2.32. The second-order valence-corrected chi connectivity index (χ2v) is 6.13. The number of methoxy groups -OCH3 is 1. The minimum Gasteiger partial charge on any atom is -0.377 e. The number of hydrogen-bond donors (Lipinski definition) is 0. The molecule has 1 aromatic carbocycles. The van der Waals surface area contributed by atoms with Crippen LogP contribution in [0.1, 0.15) is 27.4 Å². The summed E-state index contributed by atoms with van der Waals surface area (Å²) in [5, 5.41) is 8.19. The molecule has 0 bridgehead atoms. The van der Waals surface area contributed by atoms with Crippen molar-refractivity contribution in [2.45, 2.75) is 19.7 Å². The van der Waals surface area contributed by atoms with Crippen LogP contribution >= 0.6 is 0 Å². The van der Waals surface area contributed by atoms with Crippen LogP contribution in [-0.2, 0) is 31.5 Å². The van der Waals surface area contributed by atoms with Crippen molar-refractivity contribution >= 4 is 5.91 Å². The molecule has 0 saturated heterocycles. The van der Waals surface area contributed by atoms with Crippen LogP contribution < -0.4 is 0 Å². The Balaban J connectivity index is 1.63. The first kappa shape index (κ1) is 17.3. The van der Waals surface area contributed by atoms with Crippen LogP contribution in [0.2, 0.25) is 0 Å². The van der Waals surface area contributed by atoms with E-state index in [-0.39, 0.29) is 31.2 Å². The first-order valence-electron chi connectivity index (χ1n) is 8.09. The lowest BCUT2D eigenvalue weighted by Crippen LogP contribution is -2.27. The zero-order valence-corrected chi connectivity index (χ0v) is 14.6. The van der Waals surface area contributed by atoms with E-state index in [9.17, 15) is 13.6 Å². The van der Waals surface area contributed by atoms with Crippen LogP contribution in [0.4, 0.5) is 8.78 Å². The predicted molar refractivity (Wildman–Crippen MR) is 87.1 cm³/mol. The number of aromatic nitrogens is 4. The van der Waals surface area contributed by atoms with Gasteiger partial charge in [-0.25, -0.2) is 8.78 Å². The summed E-state index contributed by atoms with van der Waals surface area (Å²) in [4.78, 5) is 18.3. The molecule has 0 atom stereocenters. The highest BCUT2D eigenvalue weighted by Gasteiger charge is 2.33. The van der Waals surface area contributed by atoms with Gasteiger partial charge in [0.1, 0.15) is 18.2 Å². The molecule has 3 aromatic rings. The Morgan fingerprint density at radius 1 is 1.33 bits per heavy atom. The predicted octanol–water partition coefficient (Wildman–Crippen LogP) is 2.05. The summed E-state index contributed by atoms with van der Waals surface area (Å²) in [5.74, 6) is -1.45. The average Bonchev–Trinajstić information content (AvgIpc) is 3.34. The molecule has 8 nitrogen and oxygen atoms in total. The van der Waals surface area contributed by atoms with E-state index in [0.717, 1.165) is 29.5 Å². The summed E-state index contributed by atoms with van der Waals surface area (Å²) in [6.45, 7) is 0.587. The molecule has 0 aliphatic carbocycles. The maximum Gasteiger partial charge on any atom is 0.278 e. The summed E-state index contributed by atoms with van der Waals surface area (Å²) in [5.41, 5.74) is 1.65. The van der Waals surface area contributed by atoms with Crippen LogP contribution in [0.5, 0.6) is 0 Å². The fourth-order valence-corrected chi connectivity index (χ4v) is 3.08. The Kier molecular flexibility index (Phi) is 4.19. The number of ether oxygens (including phenoxy) is 1. The molecular formula is C17H15F2N5O3. The lowest BCUT2D eigenvalue weighted by molar-refractivity contribution is 0.0743. The fraction of sp³-hybridized carbons (Fsp3) is 0.294. The number of rotatable bonds is 4. The molecule has 4 rings (SSSR count). The van der Waals surface area contributed by atoms with Gasteiger partial charge in [0.05, 0.1) is 24.3 Å². The summed E-state index contributed by atoms with van der Waals surface area (Å²) in [6, 6.07) is 2.81. The second kappa shape index (κ2) is 6.54. The molecule has 3 heterocycles. The van der Waals surface area contributed by atoms with Crippen molar-refractivity contribution in [3.8, 4) is 11.6 Å². The number of amides is 1. The van der Waals surface area contributed by atoms with E-state index in [1.807, 2.05) is 0 Å². The first-order chi connectivity index (χ1) is 13.0. The van der Waals surface area contributed by atoms with Gasteiger partial charge in [-0.2, -0.15) is 10.1 Å². The SMILES string of the molecule is COCc1noc(-c2nn(C)c3c2CN(C(=O)c2cc(F)ccc2F)C3)n1. The second-order valence-electron chi connectivity index (χ2n) is 6.13. The van der Waals surface area contributed by atoms with Gasteiger partial charge in [-0.1, -0.05) is 5.16 Å². The highest BCUT2D eigenvalue weighted by molar-refractivity contribution is 5.95. The molecule has 1 amide bonds. The maximum atomic E-state index is 14.0. The van der Waals surface area contributed by atoms with Crippen molar-refractivity contribution in [1.29, 1.82) is 0 Å². The van der Waals surface area contributed by atoms with E-state index in [4.69, 9.17) is 9.26 Å². The Hall–Kier alpha value is -3.14. The topological polar surface area (TPSA) is 86.3 Å². The molecular weight excluding hydrogens is 360 g/mol. The molecule has 27 heavy (non-hydrogen) atoms. The van der Waals surface area contributed by atoms with Crippen LogP contribution in [0.15, 0.2) is 22.7 Å². The van der Waals surface area contributed by atoms with Gasteiger partial charge < -0.3 is 14.2 Å². The van der Waals surface area contributed by atoms with E-state index in [2.05, 4.69) is 15.2 Å². The Bertz CT molecular complexity index is 1030. The molecule has 0 fully saturated rings. The first-order valence-corrected chi connectivity index (χ1v) is 8.09. The van der Waals surface area contributed by atoms with E-state index in [1.165, 1.54) is 12.0 Å². The van der Waals surface area contributed by atoms with Gasteiger partial charge in [-0.05, 0) is 18.2 Å². The van der Waals surface area contributed by atoms with Crippen LogP contribution in [0, 0.1) is 11.6 Å². The molecule has 0 spiro atoms. The molecule has 1 aliphatic heterocycles. The van der Waals surface area contributed by atoms with Gasteiger partial charge in [0.25, 0.3) is 11.8 Å². The van der Waals surface area contributed by atoms with Gasteiger partial charge in [-0.3, -0.25) is 9.48 Å². The summed E-state index contributed by atoms with van der Waals surface area (Å²) in [7, 11) is 3.25. The van der Waals surface area contributed by atoms with Gasteiger partial charge in [0.2, 0.25) is 0 Å². The van der Waals surface area contributed by atoms with E-state index < -0.39 is 17.5 Å². The summed E-state index contributed by atoms with van der Waals surface area (Å²) in [6.07, 6.45) is 0. The Morgan fingerprint density at radius 2 is 2.15 bits per heavy atom. The third kappa shape index (κ3) is 2.97. The van der Waals surface area contributed by atoms with Crippen LogP contribution in [0.3, 0.4) is 0 Å². The van der Waals surface area contributed by atoms with Crippen LogP contribution in [-0.4, -0.2) is 37.8 Å². The number of carbonyl (C=O) groups excluding carboxylic acids is 1. The van der Waals surface area contributed by atoms with Crippen molar-refractivity contribution in [2.24, 2.45) is 7.05 Å². The molecule has 140 valence electrons. The van der Waals surface area contributed by atoms with Crippen molar-refractivity contribution in [3.05, 3.63) is 52.5 Å². The zero-order chi connectivity index (χ0) is 19.1. The largest absolute Gasteiger partial charge is 0.377 e. The number of carbonyl (C=O) groups is 1. The van der Waals surface area contributed by atoms with Crippen molar-refractivity contribution in [3.63, 3.8) is 0 Å². The zero-order valence-electron chi connectivity index (χ0n) is 14.6. The van der Waals surface area contributed by atoms with Crippen LogP contribution in [0.25, 0.3) is 11.6 Å². The lowest BCUT2D eigenvalue weighted by atomic mass is 10.2. The van der Waals surface area contributed by atoms with E-state index >= 15 is 0 Å². The lowest BCUT2D eigenvalue weighted by Gasteiger charge is -2.16.